The monoisotopic (exact) mass is 285 g/mol. The minimum absolute atomic E-state index is 0.0549. The molecule has 0 saturated heterocycles. The van der Waals surface area contributed by atoms with Crippen molar-refractivity contribution in [2.24, 2.45) is 11.7 Å². The van der Waals surface area contributed by atoms with Crippen LogP contribution in [0.5, 0.6) is 0 Å². The van der Waals surface area contributed by atoms with E-state index in [4.69, 9.17) is 5.73 Å². The van der Waals surface area contributed by atoms with E-state index in [9.17, 15) is 8.42 Å². The molecule has 1 aromatic rings. The number of hydrogen-bond donors (Lipinski definition) is 2. The predicted molar refractivity (Wildman–Crippen MR) is 77.2 cm³/mol. The Hall–Kier alpha value is -0.980. The first kappa shape index (κ1) is 16.1. The molecule has 1 aromatic heterocycles. The average molecular weight is 285 g/mol. The predicted octanol–water partition coefficient (Wildman–Crippen LogP) is 0.917. The lowest BCUT2D eigenvalue weighted by atomic mass is 9.90. The van der Waals surface area contributed by atoms with Gasteiger partial charge in [0.1, 0.15) is 0 Å². The van der Waals surface area contributed by atoms with Crippen molar-refractivity contribution < 1.29 is 8.42 Å². The summed E-state index contributed by atoms with van der Waals surface area (Å²) < 4.78 is 26.9. The molecule has 5 nitrogen and oxygen atoms in total. The van der Waals surface area contributed by atoms with Crippen molar-refractivity contribution in [2.45, 2.75) is 32.7 Å². The molecular weight excluding hydrogens is 262 g/mol. The van der Waals surface area contributed by atoms with Crippen LogP contribution in [0.15, 0.2) is 24.5 Å². The van der Waals surface area contributed by atoms with E-state index in [0.717, 1.165) is 5.56 Å². The molecule has 1 atom stereocenters. The van der Waals surface area contributed by atoms with E-state index in [2.05, 4.69) is 9.71 Å². The molecular formula is C13H23N3O2S. The van der Waals surface area contributed by atoms with E-state index in [0.29, 0.717) is 6.42 Å². The maximum absolute atomic E-state index is 12.1. The summed E-state index contributed by atoms with van der Waals surface area (Å²) in [4.78, 5) is 3.90. The fourth-order valence-electron chi connectivity index (χ4n) is 1.60. The largest absolute Gasteiger partial charge is 0.329 e. The zero-order valence-corrected chi connectivity index (χ0v) is 12.6. The smallest absolute Gasteiger partial charge is 0.212 e. The van der Waals surface area contributed by atoms with Crippen LogP contribution in [-0.4, -0.2) is 31.2 Å². The van der Waals surface area contributed by atoms with E-state index in [-0.39, 0.29) is 18.2 Å². The molecule has 0 fully saturated rings. The van der Waals surface area contributed by atoms with Gasteiger partial charge in [0.05, 0.1) is 5.75 Å². The second kappa shape index (κ2) is 6.45. The highest BCUT2D eigenvalue weighted by Gasteiger charge is 2.31. The second-order valence-corrected chi connectivity index (χ2v) is 7.14. The second-order valence-electron chi connectivity index (χ2n) is 5.30. The lowest BCUT2D eigenvalue weighted by molar-refractivity contribution is 0.315. The molecule has 1 rings (SSSR count). The summed E-state index contributed by atoms with van der Waals surface area (Å²) in [5.74, 6) is 0.187. The number of sulfonamides is 1. The van der Waals surface area contributed by atoms with Gasteiger partial charge in [0, 0.05) is 24.5 Å². The first-order chi connectivity index (χ1) is 8.79. The third kappa shape index (κ3) is 4.89. The van der Waals surface area contributed by atoms with Crippen molar-refractivity contribution in [2.75, 3.05) is 12.3 Å². The van der Waals surface area contributed by atoms with E-state index in [1.54, 1.807) is 12.4 Å². The van der Waals surface area contributed by atoms with Gasteiger partial charge in [-0.2, -0.15) is 0 Å². The molecule has 0 aliphatic heterocycles. The summed E-state index contributed by atoms with van der Waals surface area (Å²) in [6, 6.07) is 3.64. The Kier molecular flexibility index (Phi) is 5.46. The molecule has 0 spiro atoms. The number of aromatic nitrogens is 1. The number of rotatable bonds is 7. The number of nitrogens with one attached hydrogen (secondary N) is 1. The van der Waals surface area contributed by atoms with Gasteiger partial charge in [-0.25, -0.2) is 13.1 Å². The first-order valence-corrected chi connectivity index (χ1v) is 8.05. The Morgan fingerprint density at radius 3 is 2.42 bits per heavy atom. The molecule has 3 N–H and O–H groups in total. The number of pyridine rings is 1. The van der Waals surface area contributed by atoms with E-state index >= 15 is 0 Å². The minimum Gasteiger partial charge on any atom is -0.329 e. The molecule has 1 unspecified atom stereocenters. The Bertz CT molecular complexity index is 488. The molecule has 0 radical (unpaired) electrons. The lowest BCUT2D eigenvalue weighted by Gasteiger charge is -2.33. The molecule has 0 aliphatic rings. The molecule has 19 heavy (non-hydrogen) atoms. The van der Waals surface area contributed by atoms with Gasteiger partial charge in [0.25, 0.3) is 0 Å². The van der Waals surface area contributed by atoms with Gasteiger partial charge in [0.15, 0.2) is 0 Å². The maximum Gasteiger partial charge on any atom is 0.212 e. The topological polar surface area (TPSA) is 85.1 Å². The number of aryl methyl sites for hydroxylation is 1. The highest BCUT2D eigenvalue weighted by molar-refractivity contribution is 7.89. The molecule has 0 aromatic carbocycles. The summed E-state index contributed by atoms with van der Waals surface area (Å²) >= 11 is 0. The van der Waals surface area contributed by atoms with Crippen LogP contribution in [-0.2, 0) is 16.4 Å². The van der Waals surface area contributed by atoms with Crippen LogP contribution in [0, 0.1) is 5.92 Å². The van der Waals surface area contributed by atoms with Crippen molar-refractivity contribution in [3.63, 3.8) is 0 Å². The summed E-state index contributed by atoms with van der Waals surface area (Å²) in [7, 11) is -3.34. The quantitative estimate of drug-likeness (QED) is 0.780. The third-order valence-electron chi connectivity index (χ3n) is 3.50. The van der Waals surface area contributed by atoms with Crippen LogP contribution in [0.25, 0.3) is 0 Å². The Balaban J connectivity index is 2.67. The Morgan fingerprint density at radius 2 is 1.95 bits per heavy atom. The SMILES string of the molecule is CC(C)C(C)(CN)NS(=O)(=O)CCc1ccncc1. The Labute approximate surface area is 115 Å². The molecule has 1 heterocycles. The Morgan fingerprint density at radius 1 is 1.37 bits per heavy atom. The fourth-order valence-corrected chi connectivity index (χ4v) is 3.24. The average Bonchev–Trinajstić information content (AvgIpc) is 2.37. The van der Waals surface area contributed by atoms with Crippen molar-refractivity contribution >= 4 is 10.0 Å². The number of nitrogens with two attached hydrogens (primary N) is 1. The van der Waals surface area contributed by atoms with Crippen LogP contribution in [0.2, 0.25) is 0 Å². The molecule has 0 bridgehead atoms. The highest BCUT2D eigenvalue weighted by atomic mass is 32.2. The van der Waals surface area contributed by atoms with Crippen molar-refractivity contribution in [3.05, 3.63) is 30.1 Å². The van der Waals surface area contributed by atoms with Crippen molar-refractivity contribution in [1.29, 1.82) is 0 Å². The zero-order chi connectivity index (χ0) is 14.5. The van der Waals surface area contributed by atoms with Gasteiger partial charge in [0.2, 0.25) is 10.0 Å². The van der Waals surface area contributed by atoms with Gasteiger partial charge < -0.3 is 5.73 Å². The normalized spacial score (nSPS) is 15.4. The van der Waals surface area contributed by atoms with Crippen LogP contribution in [0.3, 0.4) is 0 Å². The van der Waals surface area contributed by atoms with Crippen molar-refractivity contribution in [1.82, 2.24) is 9.71 Å². The summed E-state index contributed by atoms with van der Waals surface area (Å²) in [6.07, 6.45) is 3.79. The van der Waals surface area contributed by atoms with E-state index in [1.165, 1.54) is 0 Å². The van der Waals surface area contributed by atoms with Crippen LogP contribution in [0.4, 0.5) is 0 Å². The molecule has 0 saturated carbocycles. The molecule has 0 aliphatic carbocycles. The standard InChI is InChI=1S/C13H23N3O2S/c1-11(2)13(3,10-14)16-19(17,18)9-6-12-4-7-15-8-5-12/h4-5,7-8,11,16H,6,9-10,14H2,1-3H3. The summed E-state index contributed by atoms with van der Waals surface area (Å²) in [6.45, 7) is 6.03. The van der Waals surface area contributed by atoms with Crippen LogP contribution < -0.4 is 10.5 Å². The molecule has 108 valence electrons. The maximum atomic E-state index is 12.1. The van der Waals surface area contributed by atoms with Crippen LogP contribution in [0.1, 0.15) is 26.3 Å². The van der Waals surface area contributed by atoms with E-state index < -0.39 is 15.6 Å². The van der Waals surface area contributed by atoms with Gasteiger partial charge in [-0.05, 0) is 37.0 Å². The van der Waals surface area contributed by atoms with Crippen LogP contribution >= 0.6 is 0 Å². The van der Waals surface area contributed by atoms with Gasteiger partial charge in [-0.1, -0.05) is 13.8 Å². The first-order valence-electron chi connectivity index (χ1n) is 6.40. The molecule has 6 heteroatoms. The summed E-state index contributed by atoms with van der Waals surface area (Å²) in [5, 5.41) is 0. The lowest BCUT2D eigenvalue weighted by Crippen LogP contribution is -2.55. The van der Waals surface area contributed by atoms with Gasteiger partial charge >= 0.3 is 0 Å². The van der Waals surface area contributed by atoms with Gasteiger partial charge in [-0.15, -0.1) is 0 Å². The zero-order valence-electron chi connectivity index (χ0n) is 11.8. The number of hydrogen-bond acceptors (Lipinski definition) is 4. The highest BCUT2D eigenvalue weighted by Crippen LogP contribution is 2.16. The summed E-state index contributed by atoms with van der Waals surface area (Å²) in [5.41, 5.74) is 6.04. The third-order valence-corrected chi connectivity index (χ3v) is 5.01. The fraction of sp³-hybridized carbons (Fsp3) is 0.615. The van der Waals surface area contributed by atoms with Gasteiger partial charge in [-0.3, -0.25) is 4.98 Å². The molecule has 0 amide bonds. The van der Waals surface area contributed by atoms with Crippen molar-refractivity contribution in [3.8, 4) is 0 Å². The minimum atomic E-state index is -3.34. The van der Waals surface area contributed by atoms with E-state index in [1.807, 2.05) is 32.9 Å². The number of nitrogens with zero attached hydrogens (tertiary/aromatic N) is 1.